The Hall–Kier alpha value is -7.63. The number of hydrogen-bond acceptors (Lipinski definition) is 15. The number of methoxy groups -OCH3 is 2. The first-order chi connectivity index (χ1) is 38.4. The van der Waals surface area contributed by atoms with E-state index in [1.165, 1.54) is 42.1 Å². The summed E-state index contributed by atoms with van der Waals surface area (Å²) in [5.74, 6) is 5.36. The average molecular weight is 1170 g/mol. The van der Waals surface area contributed by atoms with Gasteiger partial charge in [-0.25, -0.2) is 32.5 Å². The fourth-order valence-electron chi connectivity index (χ4n) is 6.75. The molecule has 0 saturated heterocycles. The number of nitrogens with zero attached hydrogens (tertiary/aromatic N) is 1. The molecule has 81 heavy (non-hydrogen) atoms. The SMILES string of the molecule is COc1cccc(CC(=O)N/N=C/c2ccccc2S(=O)(=O)c2ccc(C)cc2)c1.COc1cccc(CC(=O)NN)c1.Cc1ccc(S(=O)(=O)c2ccccc2C=O)cc1.Cc1ccc(SO[O-])cc1.O=Cc1ccccc1F.[Na+]. The number of aryl methyl sites for hydroxylation is 3. The van der Waals surface area contributed by atoms with Crippen LogP contribution in [0.15, 0.2) is 224 Å². The van der Waals surface area contributed by atoms with Crippen molar-refractivity contribution in [2.75, 3.05) is 14.2 Å². The first kappa shape index (κ1) is 67.6. The molecule has 0 fully saturated rings. The van der Waals surface area contributed by atoms with E-state index in [4.69, 9.17) is 15.3 Å². The smallest absolute Gasteiger partial charge is 0.710 e. The number of carbonyl (C=O) groups excluding carboxylic acids is 4. The summed E-state index contributed by atoms with van der Waals surface area (Å²) in [6.07, 6.45) is 2.78. The molecule has 0 heterocycles. The Kier molecular flexibility index (Phi) is 29.4. The van der Waals surface area contributed by atoms with Crippen molar-refractivity contribution in [3.8, 4) is 11.5 Å². The van der Waals surface area contributed by atoms with Crippen LogP contribution in [0, 0.1) is 26.6 Å². The molecule has 4 N–H and O–H groups in total. The number of carbonyl (C=O) groups is 4. The van der Waals surface area contributed by atoms with Crippen molar-refractivity contribution in [3.63, 3.8) is 0 Å². The summed E-state index contributed by atoms with van der Waals surface area (Å²) in [4.78, 5) is 45.3. The van der Waals surface area contributed by atoms with E-state index in [1.54, 1.807) is 129 Å². The summed E-state index contributed by atoms with van der Waals surface area (Å²) in [6, 6.07) is 53.8. The van der Waals surface area contributed by atoms with Gasteiger partial charge in [-0.3, -0.25) is 24.6 Å². The second-order valence-corrected chi connectivity index (χ2v) is 21.5. The third-order valence-electron chi connectivity index (χ3n) is 10.9. The van der Waals surface area contributed by atoms with Crippen LogP contribution < -0.4 is 61.0 Å². The maximum Gasteiger partial charge on any atom is 1.00 e. The second kappa shape index (κ2) is 35.2. The van der Waals surface area contributed by atoms with Crippen molar-refractivity contribution in [1.82, 2.24) is 10.9 Å². The van der Waals surface area contributed by atoms with Gasteiger partial charge in [0.15, 0.2) is 12.6 Å². The third-order valence-corrected chi connectivity index (χ3v) is 15.2. The Morgan fingerprint density at radius 2 is 0.975 bits per heavy atom. The van der Waals surface area contributed by atoms with Crippen molar-refractivity contribution >= 4 is 62.3 Å². The molecule has 8 aromatic carbocycles. The number of hydrogen-bond donors (Lipinski definition) is 3. The molecule has 2 amide bonds. The predicted octanol–water partition coefficient (Wildman–Crippen LogP) is 6.33. The number of hydrazone groups is 1. The number of rotatable bonds is 16. The van der Waals surface area contributed by atoms with Gasteiger partial charge in [-0.05, 0) is 117 Å². The van der Waals surface area contributed by atoms with Crippen LogP contribution in [0.4, 0.5) is 4.39 Å². The van der Waals surface area contributed by atoms with Crippen LogP contribution in [0.2, 0.25) is 0 Å². The molecule has 0 aliphatic heterocycles. The molecule has 0 aliphatic carbocycles. The van der Waals surface area contributed by atoms with E-state index >= 15 is 0 Å². The summed E-state index contributed by atoms with van der Waals surface area (Å²) >= 11 is 0.828. The molecular formula is C60H58FN4NaO12S3. The van der Waals surface area contributed by atoms with E-state index in [0.717, 1.165) is 44.9 Å². The molecule has 0 spiro atoms. The third kappa shape index (κ3) is 22.4. The van der Waals surface area contributed by atoms with E-state index in [1.807, 2.05) is 69.3 Å². The molecule has 0 bridgehead atoms. The number of amides is 2. The van der Waals surface area contributed by atoms with E-state index < -0.39 is 25.5 Å². The van der Waals surface area contributed by atoms with Crippen molar-refractivity contribution in [2.45, 2.75) is 58.1 Å². The molecule has 8 rings (SSSR count). The summed E-state index contributed by atoms with van der Waals surface area (Å²) < 4.78 is 76.9. The molecule has 0 saturated carbocycles. The van der Waals surface area contributed by atoms with Crippen LogP contribution in [-0.2, 0) is 46.4 Å². The topological polar surface area (TPSA) is 250 Å². The van der Waals surface area contributed by atoms with Crippen molar-refractivity contribution in [3.05, 3.63) is 244 Å². The average Bonchev–Trinajstić information content (AvgIpc) is 3.47. The molecule has 0 radical (unpaired) electrons. The van der Waals surface area contributed by atoms with Crippen LogP contribution in [0.1, 0.15) is 54.1 Å². The molecule has 0 aromatic heterocycles. The van der Waals surface area contributed by atoms with Gasteiger partial charge in [-0.15, -0.1) is 0 Å². The molecule has 0 unspecified atom stereocenters. The van der Waals surface area contributed by atoms with Crippen LogP contribution >= 0.6 is 12.0 Å². The summed E-state index contributed by atoms with van der Waals surface area (Å²) in [5, 5.41) is 13.6. The van der Waals surface area contributed by atoms with Crippen molar-refractivity contribution in [1.29, 1.82) is 0 Å². The van der Waals surface area contributed by atoms with Crippen molar-refractivity contribution in [2.24, 2.45) is 10.9 Å². The number of nitrogens with one attached hydrogen (secondary N) is 2. The molecular weight excluding hydrogens is 1110 g/mol. The standard InChI is InChI=1S/C23H22N2O4S.C14H12O3S.C9H12N2O2.C7H5FO.C7H8O2S.Na/c1-17-10-12-21(13-11-17)30(27,28)22-9-4-3-7-19(22)16-24-25-23(26)15-18-6-5-8-20(14-18)29-2;1-11-6-8-13(9-7-11)18(16,17)14-5-3-2-4-12(14)10-15;1-13-8-4-2-3-7(5-8)6-9(12)11-10;8-7-4-2-1-3-6(7)5-9;1-6-2-4-7(5-3-6)10-9-8;/h3-14,16H,15H2,1-2H3,(H,25,26);2-10H,1H3;2-5H,6,10H2,1H3,(H,11,12);1-5H;2-5,8H,1H3;/q;;;;;+1/p-1/b24-16+;;;;;. The predicted molar refractivity (Wildman–Crippen MR) is 303 cm³/mol. The van der Waals surface area contributed by atoms with Crippen molar-refractivity contribution < 1.29 is 89.0 Å². The molecule has 21 heteroatoms. The van der Waals surface area contributed by atoms with Gasteiger partial charge in [0.05, 0.1) is 58.4 Å². The van der Waals surface area contributed by atoms with Gasteiger partial charge in [0.1, 0.15) is 17.3 Å². The molecule has 416 valence electrons. The quantitative estimate of drug-likeness (QED) is 0.0140. The van der Waals surface area contributed by atoms with Crippen LogP contribution in [-0.4, -0.2) is 61.7 Å². The number of ether oxygens (including phenoxy) is 2. The molecule has 8 aromatic rings. The van der Waals surface area contributed by atoms with E-state index in [-0.39, 0.29) is 84.9 Å². The van der Waals surface area contributed by atoms with Crippen LogP contribution in [0.5, 0.6) is 11.5 Å². The normalized spacial score (nSPS) is 10.4. The van der Waals surface area contributed by atoms with Gasteiger partial charge in [0.2, 0.25) is 31.5 Å². The summed E-state index contributed by atoms with van der Waals surface area (Å²) in [6.45, 7) is 5.77. The van der Waals surface area contributed by atoms with Gasteiger partial charge >= 0.3 is 29.6 Å². The minimum atomic E-state index is -3.71. The zero-order valence-corrected chi connectivity index (χ0v) is 49.6. The number of hydrazine groups is 1. The Labute approximate surface area is 497 Å². The number of benzene rings is 8. The van der Waals surface area contributed by atoms with E-state index in [0.29, 0.717) is 23.9 Å². The van der Waals surface area contributed by atoms with Gasteiger partial charge in [0, 0.05) is 28.1 Å². The second-order valence-electron chi connectivity index (χ2n) is 16.8. The van der Waals surface area contributed by atoms with E-state index in [2.05, 4.69) is 20.3 Å². The monoisotopic (exact) mass is 1160 g/mol. The number of halogens is 1. The summed E-state index contributed by atoms with van der Waals surface area (Å²) in [7, 11) is -4.19. The number of nitrogens with two attached hydrogens (primary N) is 1. The fraction of sp³-hybridized carbons (Fsp3) is 0.117. The van der Waals surface area contributed by atoms with Gasteiger partial charge in [-0.2, -0.15) is 5.10 Å². The van der Waals surface area contributed by atoms with Gasteiger partial charge in [0.25, 0.3) is 0 Å². The Morgan fingerprint density at radius 3 is 1.40 bits per heavy atom. The van der Waals surface area contributed by atoms with Crippen LogP contribution in [0.3, 0.4) is 0 Å². The maximum atomic E-state index is 13.0. The molecule has 0 aliphatic rings. The van der Waals surface area contributed by atoms with E-state index in [9.17, 15) is 45.7 Å². The number of sulfone groups is 2. The van der Waals surface area contributed by atoms with Crippen LogP contribution in [0.25, 0.3) is 0 Å². The minimum absolute atomic E-state index is 0. The molecule has 16 nitrogen and oxygen atoms in total. The maximum absolute atomic E-state index is 13.0. The zero-order valence-electron chi connectivity index (χ0n) is 45.1. The van der Waals surface area contributed by atoms with Gasteiger partial charge in [-0.1, -0.05) is 126 Å². The first-order valence-corrected chi connectivity index (χ1v) is 27.7. The minimum Gasteiger partial charge on any atom is -0.710 e. The first-order valence-electron chi connectivity index (χ1n) is 24.0. The number of aldehydes is 2. The fourth-order valence-corrected chi connectivity index (χ4v) is 9.94. The zero-order chi connectivity index (χ0) is 58.5. The largest absolute Gasteiger partial charge is 1.00 e. The Balaban J connectivity index is 0.000000288. The Bertz CT molecular complexity index is 3560. The Morgan fingerprint density at radius 1 is 0.568 bits per heavy atom. The van der Waals surface area contributed by atoms with Gasteiger partial charge < -0.3 is 19.1 Å². The summed E-state index contributed by atoms with van der Waals surface area (Å²) in [5.41, 5.74) is 9.98. The molecule has 0 atom stereocenters.